The number of hydrogen-bond acceptors (Lipinski definition) is 5. The zero-order valence-electron chi connectivity index (χ0n) is 19.7. The van der Waals surface area contributed by atoms with Gasteiger partial charge in [0, 0.05) is 30.9 Å². The molecule has 10 heteroatoms. The normalized spacial score (nSPS) is 15.1. The van der Waals surface area contributed by atoms with Crippen molar-refractivity contribution in [2.24, 2.45) is 0 Å². The molecule has 2 aromatic carbocycles. The fourth-order valence-electron chi connectivity index (χ4n) is 4.00. The maximum atomic E-state index is 14.0. The third-order valence-corrected chi connectivity index (χ3v) is 5.94. The minimum Gasteiger partial charge on any atom is -0.483 e. The van der Waals surface area contributed by atoms with Gasteiger partial charge in [-0.25, -0.2) is 8.78 Å². The summed E-state index contributed by atoms with van der Waals surface area (Å²) in [6, 6.07) is 11.2. The molecule has 3 aromatic rings. The first-order valence-corrected chi connectivity index (χ1v) is 11.2. The first-order valence-electron chi connectivity index (χ1n) is 11.2. The number of halogens is 2. The van der Waals surface area contributed by atoms with Crippen LogP contribution >= 0.6 is 0 Å². The SMILES string of the molecule is CC(C)(O)C1CNC(=O)c2c(OCc3ccccc3)c(=O)c(C(=O)NCc3ccc(F)cc3F)cn21. The summed E-state index contributed by atoms with van der Waals surface area (Å²) in [7, 11) is 0. The molecule has 0 fully saturated rings. The van der Waals surface area contributed by atoms with E-state index in [2.05, 4.69) is 10.6 Å². The second-order valence-electron chi connectivity index (χ2n) is 9.03. The van der Waals surface area contributed by atoms with E-state index in [1.54, 1.807) is 38.1 Å². The van der Waals surface area contributed by atoms with E-state index in [9.17, 15) is 28.3 Å². The summed E-state index contributed by atoms with van der Waals surface area (Å²) in [4.78, 5) is 39.2. The highest BCUT2D eigenvalue weighted by Gasteiger charge is 2.38. The number of amides is 2. The van der Waals surface area contributed by atoms with Gasteiger partial charge in [0.1, 0.15) is 23.8 Å². The zero-order valence-corrected chi connectivity index (χ0v) is 19.7. The summed E-state index contributed by atoms with van der Waals surface area (Å²) in [6.45, 7) is 2.78. The van der Waals surface area contributed by atoms with Crippen LogP contribution in [-0.2, 0) is 13.2 Å². The van der Waals surface area contributed by atoms with E-state index in [1.807, 2.05) is 6.07 Å². The molecule has 0 radical (unpaired) electrons. The van der Waals surface area contributed by atoms with Crippen molar-refractivity contribution in [2.45, 2.75) is 38.6 Å². The summed E-state index contributed by atoms with van der Waals surface area (Å²) in [5.74, 6) is -3.37. The Bertz CT molecular complexity index is 1370. The number of aliphatic hydroxyl groups is 1. The van der Waals surface area contributed by atoms with Crippen LogP contribution in [-0.4, -0.2) is 33.6 Å². The molecule has 1 aromatic heterocycles. The molecule has 1 aliphatic heterocycles. The average molecular weight is 497 g/mol. The molecule has 3 N–H and O–H groups in total. The molecule has 0 aliphatic carbocycles. The highest BCUT2D eigenvalue weighted by Crippen LogP contribution is 2.30. The number of hydrogen-bond donors (Lipinski definition) is 3. The van der Waals surface area contributed by atoms with E-state index in [0.717, 1.165) is 11.6 Å². The van der Waals surface area contributed by atoms with Crippen LogP contribution < -0.4 is 20.8 Å². The minimum atomic E-state index is -1.33. The molecule has 0 bridgehead atoms. The van der Waals surface area contributed by atoms with E-state index in [0.29, 0.717) is 6.07 Å². The number of benzene rings is 2. The van der Waals surface area contributed by atoms with Gasteiger partial charge in [-0.3, -0.25) is 14.4 Å². The van der Waals surface area contributed by atoms with Gasteiger partial charge in [-0.15, -0.1) is 0 Å². The first-order chi connectivity index (χ1) is 17.1. The van der Waals surface area contributed by atoms with Gasteiger partial charge in [-0.1, -0.05) is 36.4 Å². The second-order valence-corrected chi connectivity index (χ2v) is 9.03. The van der Waals surface area contributed by atoms with E-state index < -0.39 is 40.5 Å². The van der Waals surface area contributed by atoms with Gasteiger partial charge in [-0.05, 0) is 25.5 Å². The lowest BCUT2D eigenvalue weighted by Gasteiger charge is -2.37. The van der Waals surface area contributed by atoms with Gasteiger partial charge in [0.15, 0.2) is 11.4 Å². The van der Waals surface area contributed by atoms with E-state index >= 15 is 0 Å². The fraction of sp³-hybridized carbons (Fsp3) is 0.269. The van der Waals surface area contributed by atoms with Crippen molar-refractivity contribution < 1.29 is 28.2 Å². The minimum absolute atomic E-state index is 0.0251. The van der Waals surface area contributed by atoms with Crippen molar-refractivity contribution in [1.82, 2.24) is 15.2 Å². The van der Waals surface area contributed by atoms with Crippen LogP contribution in [0.3, 0.4) is 0 Å². The van der Waals surface area contributed by atoms with Crippen molar-refractivity contribution in [1.29, 1.82) is 0 Å². The van der Waals surface area contributed by atoms with Crippen LogP contribution in [0.4, 0.5) is 8.78 Å². The lowest BCUT2D eigenvalue weighted by Crippen LogP contribution is -2.49. The average Bonchev–Trinajstić information content (AvgIpc) is 2.82. The molecule has 0 saturated carbocycles. The molecule has 1 unspecified atom stereocenters. The fourth-order valence-corrected chi connectivity index (χ4v) is 4.00. The standard InChI is InChI=1S/C26H25F2N3O5/c1-26(2,35)20-12-30-25(34)21-23(36-14-15-6-4-3-5-7-15)22(32)18(13-31(20)21)24(33)29-11-16-8-9-17(27)10-19(16)28/h3-10,13,20,35H,11-12,14H2,1-2H3,(H,29,33)(H,30,34). The molecule has 188 valence electrons. The summed E-state index contributed by atoms with van der Waals surface area (Å²) in [5.41, 5.74) is -1.88. The molecule has 2 heterocycles. The third-order valence-electron chi connectivity index (χ3n) is 5.94. The summed E-state index contributed by atoms with van der Waals surface area (Å²) < 4.78 is 34.3. The number of aromatic nitrogens is 1. The van der Waals surface area contributed by atoms with E-state index in [-0.39, 0.29) is 42.3 Å². The van der Waals surface area contributed by atoms with Gasteiger partial charge >= 0.3 is 0 Å². The molecular formula is C26H25F2N3O5. The van der Waals surface area contributed by atoms with Crippen LogP contribution in [0.25, 0.3) is 0 Å². The molecule has 1 atom stereocenters. The molecular weight excluding hydrogens is 472 g/mol. The maximum Gasteiger partial charge on any atom is 0.272 e. The van der Waals surface area contributed by atoms with Gasteiger partial charge in [0.05, 0.1) is 11.6 Å². The number of ether oxygens (including phenoxy) is 1. The van der Waals surface area contributed by atoms with Crippen molar-refractivity contribution in [3.8, 4) is 5.75 Å². The smallest absolute Gasteiger partial charge is 0.272 e. The van der Waals surface area contributed by atoms with Crippen molar-refractivity contribution in [2.75, 3.05) is 6.54 Å². The Morgan fingerprint density at radius 3 is 2.58 bits per heavy atom. The lowest BCUT2D eigenvalue weighted by atomic mass is 9.95. The monoisotopic (exact) mass is 497 g/mol. The number of nitrogens with one attached hydrogen (secondary N) is 2. The molecule has 0 spiro atoms. The number of fused-ring (bicyclic) bond motifs is 1. The topological polar surface area (TPSA) is 110 Å². The van der Waals surface area contributed by atoms with Gasteiger partial charge in [-0.2, -0.15) is 0 Å². The molecule has 8 nitrogen and oxygen atoms in total. The predicted octanol–water partition coefficient (Wildman–Crippen LogP) is 2.69. The van der Waals surface area contributed by atoms with Crippen LogP contribution in [0.5, 0.6) is 5.75 Å². The van der Waals surface area contributed by atoms with E-state index in [1.165, 1.54) is 16.8 Å². The molecule has 0 saturated heterocycles. The van der Waals surface area contributed by atoms with Gasteiger partial charge < -0.3 is 25.0 Å². The van der Waals surface area contributed by atoms with Gasteiger partial charge in [0.2, 0.25) is 5.43 Å². The van der Waals surface area contributed by atoms with Crippen LogP contribution in [0, 0.1) is 11.6 Å². The maximum absolute atomic E-state index is 14.0. The molecule has 1 aliphatic rings. The summed E-state index contributed by atoms with van der Waals surface area (Å²) in [6.07, 6.45) is 1.20. The second kappa shape index (κ2) is 9.90. The Morgan fingerprint density at radius 1 is 1.19 bits per heavy atom. The van der Waals surface area contributed by atoms with E-state index in [4.69, 9.17) is 4.74 Å². The Hall–Kier alpha value is -4.05. The first kappa shape index (κ1) is 25.1. The number of carbonyl (C=O) groups is 2. The highest BCUT2D eigenvalue weighted by molar-refractivity contribution is 5.99. The van der Waals surface area contributed by atoms with Gasteiger partial charge in [0.25, 0.3) is 11.8 Å². The number of pyridine rings is 1. The molecule has 36 heavy (non-hydrogen) atoms. The largest absolute Gasteiger partial charge is 0.483 e. The van der Waals surface area contributed by atoms with Crippen molar-refractivity contribution in [3.05, 3.63) is 99.0 Å². The predicted molar refractivity (Wildman–Crippen MR) is 127 cm³/mol. The Labute approximate surface area is 205 Å². The van der Waals surface area contributed by atoms with Crippen LogP contribution in [0.2, 0.25) is 0 Å². The van der Waals surface area contributed by atoms with Crippen molar-refractivity contribution in [3.63, 3.8) is 0 Å². The molecule has 4 rings (SSSR count). The van der Waals surface area contributed by atoms with Crippen LogP contribution in [0.1, 0.15) is 51.9 Å². The summed E-state index contributed by atoms with van der Waals surface area (Å²) >= 11 is 0. The van der Waals surface area contributed by atoms with Crippen LogP contribution in [0.15, 0.2) is 59.5 Å². The lowest BCUT2D eigenvalue weighted by molar-refractivity contribution is 0.0171. The zero-order chi connectivity index (χ0) is 26.0. The quantitative estimate of drug-likeness (QED) is 0.465. The number of carbonyl (C=O) groups excluding carboxylic acids is 2. The van der Waals surface area contributed by atoms with Crippen molar-refractivity contribution >= 4 is 11.8 Å². The number of rotatable bonds is 7. The summed E-state index contributed by atoms with van der Waals surface area (Å²) in [5, 5.41) is 15.8. The highest BCUT2D eigenvalue weighted by atomic mass is 19.1. The Balaban J connectivity index is 1.75. The molecule has 2 amide bonds. The Kier molecular flexibility index (Phi) is 6.89. The number of nitrogens with zero attached hydrogens (tertiary/aromatic N) is 1. The Morgan fingerprint density at radius 2 is 1.92 bits per heavy atom. The third kappa shape index (κ3) is 5.13.